The Labute approximate surface area is 183 Å². The van der Waals surface area contributed by atoms with Crippen molar-refractivity contribution in [2.45, 2.75) is 24.2 Å². The van der Waals surface area contributed by atoms with Gasteiger partial charge in [0.05, 0.1) is 4.90 Å². The van der Waals surface area contributed by atoms with Crippen LogP contribution in [0.2, 0.25) is 0 Å². The fourth-order valence-corrected chi connectivity index (χ4v) is 5.03. The van der Waals surface area contributed by atoms with Crippen molar-refractivity contribution in [2.24, 2.45) is 5.92 Å². The molecule has 0 aromatic heterocycles. The second-order valence-corrected chi connectivity index (χ2v) is 9.60. The molecule has 0 aliphatic carbocycles. The van der Waals surface area contributed by atoms with Crippen molar-refractivity contribution in [3.8, 4) is 0 Å². The number of anilines is 1. The summed E-state index contributed by atoms with van der Waals surface area (Å²) in [6.45, 7) is 1.46. The first-order valence-corrected chi connectivity index (χ1v) is 12.0. The fraction of sp³-hybridized carbons (Fsp3) is 0.240. The molecule has 5 nitrogen and oxygen atoms in total. The van der Waals surface area contributed by atoms with Crippen molar-refractivity contribution in [1.82, 2.24) is 4.90 Å². The number of nitrogens with one attached hydrogen (secondary N) is 1. The molecule has 31 heavy (non-hydrogen) atoms. The van der Waals surface area contributed by atoms with Crippen LogP contribution < -0.4 is 4.72 Å². The molecule has 0 radical (unpaired) electrons. The first kappa shape index (κ1) is 21.1. The van der Waals surface area contributed by atoms with Crippen LogP contribution in [-0.4, -0.2) is 32.3 Å². The number of benzene rings is 3. The fourth-order valence-electron chi connectivity index (χ4n) is 3.97. The lowest BCUT2D eigenvalue weighted by Crippen LogP contribution is -2.38. The molecule has 4 rings (SSSR count). The number of sulfonamides is 1. The summed E-state index contributed by atoms with van der Waals surface area (Å²) in [5.41, 5.74) is 2.36. The van der Waals surface area contributed by atoms with Gasteiger partial charge in [0.25, 0.3) is 15.9 Å². The van der Waals surface area contributed by atoms with Crippen LogP contribution in [0.15, 0.2) is 89.8 Å². The van der Waals surface area contributed by atoms with Gasteiger partial charge in [-0.3, -0.25) is 9.52 Å². The number of nitrogens with zero attached hydrogens (tertiary/aromatic N) is 1. The first-order chi connectivity index (χ1) is 15.0. The lowest BCUT2D eigenvalue weighted by Gasteiger charge is -2.32. The maximum absolute atomic E-state index is 12.9. The Morgan fingerprint density at radius 2 is 1.42 bits per heavy atom. The third kappa shape index (κ3) is 5.33. The van der Waals surface area contributed by atoms with Gasteiger partial charge in [-0.05, 0) is 67.1 Å². The molecule has 160 valence electrons. The van der Waals surface area contributed by atoms with Crippen molar-refractivity contribution in [3.63, 3.8) is 0 Å². The average molecular weight is 435 g/mol. The van der Waals surface area contributed by atoms with E-state index >= 15 is 0 Å². The molecule has 0 atom stereocenters. The van der Waals surface area contributed by atoms with E-state index in [1.165, 1.54) is 17.7 Å². The maximum Gasteiger partial charge on any atom is 0.261 e. The van der Waals surface area contributed by atoms with E-state index in [-0.39, 0.29) is 10.8 Å². The molecule has 0 saturated carbocycles. The summed E-state index contributed by atoms with van der Waals surface area (Å²) in [6.07, 6.45) is 3.01. The van der Waals surface area contributed by atoms with Gasteiger partial charge in [-0.1, -0.05) is 48.5 Å². The summed E-state index contributed by atoms with van der Waals surface area (Å²) in [7, 11) is -3.69. The Morgan fingerprint density at radius 3 is 2.03 bits per heavy atom. The molecule has 1 saturated heterocycles. The number of para-hydroxylation sites is 1. The monoisotopic (exact) mass is 434 g/mol. The van der Waals surface area contributed by atoms with Gasteiger partial charge < -0.3 is 4.90 Å². The van der Waals surface area contributed by atoms with E-state index in [2.05, 4.69) is 29.0 Å². The number of piperidine rings is 1. The van der Waals surface area contributed by atoms with Gasteiger partial charge in [-0.25, -0.2) is 8.42 Å². The van der Waals surface area contributed by atoms with Crippen molar-refractivity contribution in [3.05, 3.63) is 96.1 Å². The van der Waals surface area contributed by atoms with Crippen LogP contribution in [0.5, 0.6) is 0 Å². The molecule has 1 N–H and O–H groups in total. The summed E-state index contributed by atoms with van der Waals surface area (Å²) in [4.78, 5) is 14.9. The number of hydrogen-bond donors (Lipinski definition) is 1. The van der Waals surface area contributed by atoms with E-state index in [1.807, 2.05) is 17.0 Å². The molecule has 0 spiro atoms. The molecule has 6 heteroatoms. The van der Waals surface area contributed by atoms with Crippen LogP contribution in [0.1, 0.15) is 28.8 Å². The summed E-state index contributed by atoms with van der Waals surface area (Å²) in [5.74, 6) is 0.543. The average Bonchev–Trinajstić information content (AvgIpc) is 2.80. The quantitative estimate of drug-likeness (QED) is 0.617. The van der Waals surface area contributed by atoms with E-state index in [9.17, 15) is 13.2 Å². The Morgan fingerprint density at radius 1 is 0.839 bits per heavy atom. The molecule has 3 aromatic rings. The molecule has 1 fully saturated rings. The number of likely N-dealkylation sites (tertiary alicyclic amines) is 1. The molecule has 0 bridgehead atoms. The normalized spacial score (nSPS) is 14.9. The number of carbonyl (C=O) groups is 1. The minimum atomic E-state index is -3.69. The Bertz CT molecular complexity index is 1110. The maximum atomic E-state index is 12.9. The standard InChI is InChI=1S/C25H26N2O3S/c28-25(27-17-15-21(16-18-27)19-20-7-3-1-4-8-20)22-11-13-24(14-12-22)31(29,30)26-23-9-5-2-6-10-23/h1-14,21,26H,15-19H2. The second kappa shape index (κ2) is 9.35. The molecule has 1 aliphatic rings. The molecule has 1 amide bonds. The van der Waals surface area contributed by atoms with E-state index in [0.717, 1.165) is 32.4 Å². The van der Waals surface area contributed by atoms with Crippen LogP contribution in [0.3, 0.4) is 0 Å². The minimum Gasteiger partial charge on any atom is -0.339 e. The molecular formula is C25H26N2O3S. The van der Waals surface area contributed by atoms with E-state index < -0.39 is 10.0 Å². The summed E-state index contributed by atoms with van der Waals surface area (Å²) >= 11 is 0. The van der Waals surface area contributed by atoms with Crippen molar-refractivity contribution in [2.75, 3.05) is 17.8 Å². The van der Waals surface area contributed by atoms with Gasteiger partial charge in [0.1, 0.15) is 0 Å². The molecule has 1 aliphatic heterocycles. The number of rotatable bonds is 6. The third-order valence-corrected chi connectivity index (χ3v) is 7.10. The summed E-state index contributed by atoms with van der Waals surface area (Å²) < 4.78 is 27.7. The van der Waals surface area contributed by atoms with Gasteiger partial charge >= 0.3 is 0 Å². The zero-order chi connectivity index (χ0) is 21.7. The molecule has 0 unspecified atom stereocenters. The largest absolute Gasteiger partial charge is 0.339 e. The first-order valence-electron chi connectivity index (χ1n) is 10.5. The van der Waals surface area contributed by atoms with Crippen molar-refractivity contribution in [1.29, 1.82) is 0 Å². The smallest absolute Gasteiger partial charge is 0.261 e. The van der Waals surface area contributed by atoms with Crippen LogP contribution >= 0.6 is 0 Å². The van der Waals surface area contributed by atoms with Gasteiger partial charge in [-0.15, -0.1) is 0 Å². The molecular weight excluding hydrogens is 408 g/mol. The predicted octanol–water partition coefficient (Wildman–Crippen LogP) is 4.58. The van der Waals surface area contributed by atoms with Crippen LogP contribution in [0.4, 0.5) is 5.69 Å². The van der Waals surface area contributed by atoms with E-state index in [1.54, 1.807) is 36.4 Å². The highest BCUT2D eigenvalue weighted by Gasteiger charge is 2.24. The van der Waals surface area contributed by atoms with Crippen molar-refractivity contribution < 1.29 is 13.2 Å². The summed E-state index contributed by atoms with van der Waals surface area (Å²) in [6, 6.07) is 25.4. The zero-order valence-corrected chi connectivity index (χ0v) is 18.1. The second-order valence-electron chi connectivity index (χ2n) is 7.92. The Balaban J connectivity index is 1.35. The van der Waals surface area contributed by atoms with Crippen LogP contribution in [0, 0.1) is 5.92 Å². The molecule has 3 aromatic carbocycles. The van der Waals surface area contributed by atoms with Crippen LogP contribution in [0.25, 0.3) is 0 Å². The van der Waals surface area contributed by atoms with Crippen molar-refractivity contribution >= 4 is 21.6 Å². The minimum absolute atomic E-state index is 0.0434. The SMILES string of the molecule is O=C(c1ccc(S(=O)(=O)Nc2ccccc2)cc1)N1CCC(Cc2ccccc2)CC1. The van der Waals surface area contributed by atoms with Gasteiger partial charge in [0, 0.05) is 24.3 Å². The highest BCUT2D eigenvalue weighted by molar-refractivity contribution is 7.92. The lowest BCUT2D eigenvalue weighted by atomic mass is 9.90. The zero-order valence-electron chi connectivity index (χ0n) is 17.3. The Hall–Kier alpha value is -3.12. The topological polar surface area (TPSA) is 66.5 Å². The van der Waals surface area contributed by atoms with Gasteiger partial charge in [0.2, 0.25) is 0 Å². The van der Waals surface area contributed by atoms with Crippen LogP contribution in [-0.2, 0) is 16.4 Å². The third-order valence-electron chi connectivity index (χ3n) is 5.71. The van der Waals surface area contributed by atoms with E-state index in [0.29, 0.717) is 17.2 Å². The number of amides is 1. The molecule has 1 heterocycles. The summed E-state index contributed by atoms with van der Waals surface area (Å²) in [5, 5.41) is 0. The highest BCUT2D eigenvalue weighted by Crippen LogP contribution is 2.23. The van der Waals surface area contributed by atoms with Gasteiger partial charge in [0.15, 0.2) is 0 Å². The van der Waals surface area contributed by atoms with Gasteiger partial charge in [-0.2, -0.15) is 0 Å². The predicted molar refractivity (Wildman–Crippen MR) is 122 cm³/mol. The number of hydrogen-bond acceptors (Lipinski definition) is 3. The Kier molecular flexibility index (Phi) is 6.37. The number of carbonyl (C=O) groups excluding carboxylic acids is 1. The highest BCUT2D eigenvalue weighted by atomic mass is 32.2. The van der Waals surface area contributed by atoms with E-state index in [4.69, 9.17) is 0 Å². The lowest BCUT2D eigenvalue weighted by molar-refractivity contribution is 0.0690.